The monoisotopic (exact) mass is 867 g/mol. The van der Waals surface area contributed by atoms with E-state index < -0.39 is 103 Å². The zero-order valence-corrected chi connectivity index (χ0v) is 31.5. The van der Waals surface area contributed by atoms with Crippen LogP contribution >= 0.6 is 10.9 Å². The Morgan fingerprint density at radius 3 is 1.54 bits per heavy atom. The van der Waals surface area contributed by atoms with Crippen molar-refractivity contribution in [2.24, 2.45) is 30.7 Å². The lowest BCUT2D eigenvalue weighted by atomic mass is 10.0. The SMILES string of the molecule is Nc1c(N=Nc2ccc3c(O)c(N=Nc4ccccc4C(=O)O)c(S(=O)(=O)O)cc3c2)cc(S(=O)(=O)O)c2cc(S(O)(O)O)c(N=Nc3ccccc3C(=O)O)c(O)c12. The summed E-state index contributed by atoms with van der Waals surface area (Å²) in [7, 11) is -15.3. The van der Waals surface area contributed by atoms with Crippen LogP contribution in [0, 0.1) is 0 Å². The lowest BCUT2D eigenvalue weighted by Gasteiger charge is -2.23. The number of carboxylic acid groups (broad SMARTS) is 2. The summed E-state index contributed by atoms with van der Waals surface area (Å²) in [5.41, 5.74) is 2.22. The number of aromatic carboxylic acids is 2. The number of azo groups is 3. The molecule has 0 fully saturated rings. The van der Waals surface area contributed by atoms with Gasteiger partial charge in [-0.05, 0) is 66.0 Å². The van der Waals surface area contributed by atoms with Crippen molar-refractivity contribution in [3.8, 4) is 11.5 Å². The second-order valence-electron chi connectivity index (χ2n) is 12.0. The van der Waals surface area contributed by atoms with E-state index in [0.29, 0.717) is 12.1 Å². The number of phenolic OH excluding ortho intramolecular Hbond substituents is 2. The molecule has 0 aliphatic heterocycles. The van der Waals surface area contributed by atoms with Gasteiger partial charge < -0.3 is 39.8 Å². The van der Waals surface area contributed by atoms with Crippen LogP contribution < -0.4 is 5.73 Å². The normalized spacial score (nSPS) is 13.0. The minimum absolute atomic E-state index is 0.0704. The average Bonchev–Trinajstić information content (AvgIpc) is 3.15. The summed E-state index contributed by atoms with van der Waals surface area (Å²) in [5, 5.41) is 62.7. The molecule has 6 aromatic rings. The molecule has 0 unspecified atom stereocenters. The van der Waals surface area contributed by atoms with E-state index in [9.17, 15) is 69.6 Å². The van der Waals surface area contributed by atoms with Crippen LogP contribution in [0.15, 0.2) is 130 Å². The molecule has 59 heavy (non-hydrogen) atoms. The topological polar surface area (TPSA) is 385 Å². The molecule has 11 N–H and O–H groups in total. The molecule has 0 bridgehead atoms. The Morgan fingerprint density at radius 1 is 0.525 bits per heavy atom. The summed E-state index contributed by atoms with van der Waals surface area (Å²) < 4.78 is 101. The minimum Gasteiger partial charge on any atom is -0.505 e. The number of hydrogen-bond donors (Lipinski definition) is 10. The first-order chi connectivity index (χ1) is 27.6. The Balaban J connectivity index is 1.50. The van der Waals surface area contributed by atoms with Crippen LogP contribution in [-0.4, -0.2) is 72.0 Å². The first kappa shape index (κ1) is 41.7. The van der Waals surface area contributed by atoms with Crippen molar-refractivity contribution in [3.63, 3.8) is 0 Å². The molecule has 25 heteroatoms. The van der Waals surface area contributed by atoms with Crippen molar-refractivity contribution >= 4 is 104 Å². The van der Waals surface area contributed by atoms with Crippen LogP contribution in [0.5, 0.6) is 11.5 Å². The lowest BCUT2D eigenvalue weighted by Crippen LogP contribution is -2.03. The van der Waals surface area contributed by atoms with Gasteiger partial charge in [0.05, 0.1) is 32.8 Å². The van der Waals surface area contributed by atoms with E-state index in [1.54, 1.807) is 0 Å². The minimum atomic E-state index is -5.28. The third kappa shape index (κ3) is 8.37. The van der Waals surface area contributed by atoms with Gasteiger partial charge in [0.25, 0.3) is 20.2 Å². The summed E-state index contributed by atoms with van der Waals surface area (Å²) in [5.74, 6) is -4.75. The third-order valence-corrected chi connectivity index (χ3v) is 10.9. The highest BCUT2D eigenvalue weighted by Crippen LogP contribution is 2.56. The highest BCUT2D eigenvalue weighted by molar-refractivity contribution is 8.19. The molecule has 0 spiro atoms. The molecule has 0 saturated heterocycles. The summed E-state index contributed by atoms with van der Waals surface area (Å²) in [6.45, 7) is 0. The maximum Gasteiger partial charge on any atom is 0.337 e. The Hall–Kier alpha value is -6.97. The second kappa shape index (κ2) is 15.4. The van der Waals surface area contributed by atoms with Gasteiger partial charge in [0.1, 0.15) is 49.1 Å². The molecule has 6 aromatic carbocycles. The second-order valence-corrected chi connectivity index (χ2v) is 16.3. The summed E-state index contributed by atoms with van der Waals surface area (Å²) in [6.07, 6.45) is 0. The molecule has 22 nitrogen and oxygen atoms in total. The number of carboxylic acids is 2. The highest BCUT2D eigenvalue weighted by atomic mass is 32.3. The van der Waals surface area contributed by atoms with Crippen molar-refractivity contribution < 1.29 is 69.6 Å². The number of hydrogen-bond acceptors (Lipinski definition) is 18. The van der Waals surface area contributed by atoms with E-state index in [-0.39, 0.29) is 39.0 Å². The van der Waals surface area contributed by atoms with Gasteiger partial charge in [-0.2, -0.15) is 21.9 Å². The fourth-order valence-corrected chi connectivity index (χ4v) is 7.64. The molecular formula is C34H25N7O15S3. The molecular weight excluding hydrogens is 843 g/mol. The van der Waals surface area contributed by atoms with Gasteiger partial charge in [-0.1, -0.05) is 24.3 Å². The van der Waals surface area contributed by atoms with E-state index in [4.69, 9.17) is 5.73 Å². The standard InChI is InChI=1S/C34H25N7O15S3/c35-28-23(14-24(57(48,49)50)20-13-26(59(54,55)56)30(32(43)27(20)28)41-38-22-8-4-2-6-19(22)34(46)47)39-36-16-9-10-17-15(11-16)12-25(58(51,52)53)29(31(17)42)40-37-21-7-3-1-5-18(21)33(44)45/h1-14,42-43,54-56H,35H2,(H,44,45)(H,46,47)(H,48,49,50)(H,51,52,53). The quantitative estimate of drug-likeness (QED) is 0.0330. The number of fused-ring (bicyclic) bond motifs is 2. The van der Waals surface area contributed by atoms with Crippen molar-refractivity contribution in [1.82, 2.24) is 0 Å². The number of benzene rings is 6. The molecule has 0 aliphatic carbocycles. The molecule has 0 saturated carbocycles. The molecule has 0 aliphatic rings. The van der Waals surface area contributed by atoms with Crippen LogP contribution in [0.2, 0.25) is 0 Å². The van der Waals surface area contributed by atoms with Gasteiger partial charge in [-0.25, -0.2) is 9.59 Å². The van der Waals surface area contributed by atoms with Crippen LogP contribution in [0.25, 0.3) is 21.5 Å². The van der Waals surface area contributed by atoms with E-state index in [1.165, 1.54) is 54.6 Å². The summed E-state index contributed by atoms with van der Waals surface area (Å²) in [4.78, 5) is 20.3. The Morgan fingerprint density at radius 2 is 1.03 bits per heavy atom. The number of nitrogens with two attached hydrogens (primary N) is 1. The number of nitrogens with zero attached hydrogens (tertiary/aromatic N) is 6. The molecule has 0 radical (unpaired) electrons. The van der Waals surface area contributed by atoms with Crippen LogP contribution in [0.1, 0.15) is 20.7 Å². The van der Waals surface area contributed by atoms with Gasteiger partial charge in [0.2, 0.25) is 0 Å². The number of nitrogen functional groups attached to an aromatic ring is 1. The Bertz CT molecular complexity index is 3100. The van der Waals surface area contributed by atoms with Crippen molar-refractivity contribution in [2.45, 2.75) is 14.7 Å². The van der Waals surface area contributed by atoms with Crippen LogP contribution in [0.4, 0.5) is 39.8 Å². The smallest absolute Gasteiger partial charge is 0.337 e. The highest BCUT2D eigenvalue weighted by Gasteiger charge is 2.30. The predicted octanol–water partition coefficient (Wildman–Crippen LogP) is 8.70. The maximum absolute atomic E-state index is 12.6. The molecule has 0 aromatic heterocycles. The number of anilines is 1. The Kier molecular flexibility index (Phi) is 10.9. The number of rotatable bonds is 11. The zero-order valence-electron chi connectivity index (χ0n) is 29.0. The number of carbonyl (C=O) groups is 2. The molecule has 0 amide bonds. The average molecular weight is 868 g/mol. The first-order valence-corrected chi connectivity index (χ1v) is 20.2. The van der Waals surface area contributed by atoms with Gasteiger partial charge in [0, 0.05) is 10.8 Å². The van der Waals surface area contributed by atoms with Gasteiger partial charge in [-0.3, -0.25) is 9.11 Å². The molecule has 6 rings (SSSR count). The van der Waals surface area contributed by atoms with Crippen LogP contribution in [0.3, 0.4) is 0 Å². The van der Waals surface area contributed by atoms with E-state index in [1.807, 2.05) is 0 Å². The maximum atomic E-state index is 12.6. The summed E-state index contributed by atoms with van der Waals surface area (Å²) >= 11 is 0. The molecule has 0 atom stereocenters. The first-order valence-electron chi connectivity index (χ1n) is 15.8. The van der Waals surface area contributed by atoms with Gasteiger partial charge >= 0.3 is 11.9 Å². The van der Waals surface area contributed by atoms with E-state index in [2.05, 4.69) is 30.7 Å². The van der Waals surface area contributed by atoms with Crippen LogP contribution in [-0.2, 0) is 20.2 Å². The largest absolute Gasteiger partial charge is 0.505 e. The number of phenols is 2. The van der Waals surface area contributed by atoms with Crippen molar-refractivity contribution in [3.05, 3.63) is 96.1 Å². The fourth-order valence-electron chi connectivity index (χ4n) is 5.61. The van der Waals surface area contributed by atoms with E-state index in [0.717, 1.165) is 18.2 Å². The third-order valence-electron chi connectivity index (χ3n) is 8.26. The molecule has 0 heterocycles. The fraction of sp³-hybridized carbons (Fsp3) is 0. The van der Waals surface area contributed by atoms with Crippen molar-refractivity contribution in [1.29, 1.82) is 0 Å². The van der Waals surface area contributed by atoms with Gasteiger partial charge in [-0.15, -0.1) is 25.6 Å². The lowest BCUT2D eigenvalue weighted by molar-refractivity contribution is 0.0687. The predicted molar refractivity (Wildman–Crippen MR) is 208 cm³/mol. The molecule has 304 valence electrons. The Labute approximate surface area is 331 Å². The number of aromatic hydroxyl groups is 2. The van der Waals surface area contributed by atoms with Crippen molar-refractivity contribution in [2.75, 3.05) is 5.73 Å². The zero-order chi connectivity index (χ0) is 43.2. The summed E-state index contributed by atoms with van der Waals surface area (Å²) in [6, 6.07) is 16.2. The van der Waals surface area contributed by atoms with Gasteiger partial charge in [0.15, 0.2) is 11.5 Å². The van der Waals surface area contributed by atoms with E-state index >= 15 is 0 Å².